The summed E-state index contributed by atoms with van der Waals surface area (Å²) in [5, 5.41) is 2.93. The second kappa shape index (κ2) is 2.64. The molecule has 11 heavy (non-hydrogen) atoms. The van der Waals surface area contributed by atoms with Gasteiger partial charge in [-0.15, -0.1) is 0 Å². The van der Waals surface area contributed by atoms with Gasteiger partial charge in [0.1, 0.15) is 0 Å². The Bertz CT molecular complexity index is 200. The minimum Gasteiger partial charge on any atom is -0.346 e. The van der Waals surface area contributed by atoms with Gasteiger partial charge in [-0.2, -0.15) is 0 Å². The lowest BCUT2D eigenvalue weighted by molar-refractivity contribution is -0.115. The van der Waals surface area contributed by atoms with Crippen LogP contribution in [-0.4, -0.2) is 24.2 Å². The van der Waals surface area contributed by atoms with Crippen molar-refractivity contribution >= 4 is 12.1 Å². The number of amides is 1. The Balaban J connectivity index is 2.10. The zero-order chi connectivity index (χ0) is 7.68. The van der Waals surface area contributed by atoms with Crippen LogP contribution < -0.4 is 5.32 Å². The van der Waals surface area contributed by atoms with Crippen LogP contribution in [0.5, 0.6) is 0 Å². The monoisotopic (exact) mass is 152 g/mol. The van der Waals surface area contributed by atoms with Gasteiger partial charge in [0.25, 0.3) is 5.91 Å². The van der Waals surface area contributed by atoms with Gasteiger partial charge in [-0.25, -0.2) is 0 Å². The molecule has 1 aliphatic heterocycles. The molecule has 2 unspecified atom stereocenters. The highest BCUT2D eigenvalue weighted by Gasteiger charge is 2.27. The molecule has 0 aromatic rings. The van der Waals surface area contributed by atoms with Gasteiger partial charge in [0.05, 0.1) is 18.3 Å². The summed E-state index contributed by atoms with van der Waals surface area (Å²) in [7, 11) is 0. The lowest BCUT2D eigenvalue weighted by atomic mass is 9.90. The molecule has 0 aromatic carbocycles. The van der Waals surface area contributed by atoms with E-state index in [0.717, 1.165) is 12.8 Å². The Kier molecular flexibility index (Phi) is 1.64. The quantitative estimate of drug-likeness (QED) is 0.539. The van der Waals surface area contributed by atoms with Crippen molar-refractivity contribution in [2.75, 3.05) is 0 Å². The summed E-state index contributed by atoms with van der Waals surface area (Å²) in [4.78, 5) is 15.1. The molecule has 1 saturated carbocycles. The molecule has 2 rings (SSSR count). The molecule has 3 heteroatoms. The van der Waals surface area contributed by atoms with Crippen LogP contribution in [0.15, 0.2) is 4.99 Å². The number of carbonyl (C=O) groups is 1. The normalized spacial score (nSPS) is 36.2. The molecule has 2 atom stereocenters. The van der Waals surface area contributed by atoms with Crippen LogP contribution in [0.4, 0.5) is 0 Å². The Labute approximate surface area is 65.9 Å². The lowest BCUT2D eigenvalue weighted by Gasteiger charge is -2.31. The first-order valence-corrected chi connectivity index (χ1v) is 4.20. The van der Waals surface area contributed by atoms with Crippen molar-refractivity contribution < 1.29 is 4.79 Å². The fourth-order valence-corrected chi connectivity index (χ4v) is 1.84. The first-order chi connectivity index (χ1) is 5.36. The van der Waals surface area contributed by atoms with Gasteiger partial charge < -0.3 is 5.32 Å². The third-order valence-corrected chi connectivity index (χ3v) is 2.44. The topological polar surface area (TPSA) is 41.5 Å². The van der Waals surface area contributed by atoms with Crippen LogP contribution in [0.3, 0.4) is 0 Å². The highest BCUT2D eigenvalue weighted by molar-refractivity contribution is 6.26. The maximum Gasteiger partial charge on any atom is 0.262 e. The smallest absolute Gasteiger partial charge is 0.262 e. The van der Waals surface area contributed by atoms with Gasteiger partial charge in [0.15, 0.2) is 0 Å². The summed E-state index contributed by atoms with van der Waals surface area (Å²) in [6.45, 7) is 0. The molecule has 0 radical (unpaired) electrons. The summed E-state index contributed by atoms with van der Waals surface area (Å²) in [6.07, 6.45) is 6.16. The predicted molar refractivity (Wildman–Crippen MR) is 42.7 cm³/mol. The van der Waals surface area contributed by atoms with Crippen LogP contribution in [0.1, 0.15) is 25.7 Å². The van der Waals surface area contributed by atoms with Crippen molar-refractivity contribution in [2.45, 2.75) is 37.8 Å². The largest absolute Gasteiger partial charge is 0.346 e. The van der Waals surface area contributed by atoms with Crippen LogP contribution in [-0.2, 0) is 4.79 Å². The molecule has 1 fully saturated rings. The third-order valence-electron chi connectivity index (χ3n) is 2.44. The van der Waals surface area contributed by atoms with Gasteiger partial charge in [0, 0.05) is 0 Å². The minimum absolute atomic E-state index is 0.0202. The fraction of sp³-hybridized carbons (Fsp3) is 0.750. The minimum atomic E-state index is -0.0202. The predicted octanol–water partition coefficient (Wildman–Crippen LogP) is 0.498. The molecule has 0 spiro atoms. The molecule has 0 bridgehead atoms. The van der Waals surface area contributed by atoms with Crippen molar-refractivity contribution in [1.29, 1.82) is 0 Å². The average molecular weight is 152 g/mol. The van der Waals surface area contributed by atoms with Crippen LogP contribution in [0.25, 0.3) is 0 Å². The SMILES string of the molecule is O=C1C=NC2CCCCC2N1. The summed E-state index contributed by atoms with van der Waals surface area (Å²) >= 11 is 0. The molecule has 1 amide bonds. The zero-order valence-electron chi connectivity index (χ0n) is 6.42. The third kappa shape index (κ3) is 1.27. The second-order valence-corrected chi connectivity index (χ2v) is 3.25. The molecule has 0 saturated heterocycles. The maximum absolute atomic E-state index is 10.9. The number of aliphatic imine (C=N–C) groups is 1. The Morgan fingerprint density at radius 1 is 1.45 bits per heavy atom. The number of nitrogens with zero attached hydrogens (tertiary/aromatic N) is 1. The van der Waals surface area contributed by atoms with E-state index in [9.17, 15) is 4.79 Å². The standard InChI is InChI=1S/C8H12N2O/c11-8-5-9-6-3-1-2-4-7(6)10-8/h5-7H,1-4H2,(H,10,11). The van der Waals surface area contributed by atoms with E-state index in [4.69, 9.17) is 0 Å². The molecule has 60 valence electrons. The first kappa shape index (κ1) is 6.83. The number of hydrogen-bond donors (Lipinski definition) is 1. The fourth-order valence-electron chi connectivity index (χ4n) is 1.84. The van der Waals surface area contributed by atoms with Gasteiger partial charge in [-0.3, -0.25) is 9.79 Å². The molecular weight excluding hydrogens is 140 g/mol. The van der Waals surface area contributed by atoms with E-state index in [1.54, 1.807) is 0 Å². The van der Waals surface area contributed by atoms with E-state index in [0.29, 0.717) is 12.1 Å². The van der Waals surface area contributed by atoms with E-state index in [2.05, 4.69) is 10.3 Å². The van der Waals surface area contributed by atoms with E-state index in [1.165, 1.54) is 19.1 Å². The molecular formula is C8H12N2O. The average Bonchev–Trinajstić information content (AvgIpc) is 2.04. The summed E-state index contributed by atoms with van der Waals surface area (Å²) in [5.41, 5.74) is 0. The maximum atomic E-state index is 10.9. The van der Waals surface area contributed by atoms with Crippen molar-refractivity contribution in [3.8, 4) is 0 Å². The number of hydrogen-bond acceptors (Lipinski definition) is 2. The van der Waals surface area contributed by atoms with Crippen molar-refractivity contribution in [3.05, 3.63) is 0 Å². The number of fused-ring (bicyclic) bond motifs is 1. The van der Waals surface area contributed by atoms with Crippen LogP contribution in [0, 0.1) is 0 Å². The van der Waals surface area contributed by atoms with Gasteiger partial charge >= 0.3 is 0 Å². The zero-order valence-corrected chi connectivity index (χ0v) is 6.42. The Hall–Kier alpha value is -0.860. The Morgan fingerprint density at radius 3 is 3.18 bits per heavy atom. The van der Waals surface area contributed by atoms with Gasteiger partial charge in [-0.1, -0.05) is 12.8 Å². The van der Waals surface area contributed by atoms with Crippen molar-refractivity contribution in [3.63, 3.8) is 0 Å². The van der Waals surface area contributed by atoms with E-state index < -0.39 is 0 Å². The van der Waals surface area contributed by atoms with Gasteiger partial charge in [-0.05, 0) is 12.8 Å². The van der Waals surface area contributed by atoms with Crippen molar-refractivity contribution in [1.82, 2.24) is 5.32 Å². The summed E-state index contributed by atoms with van der Waals surface area (Å²) in [5.74, 6) is -0.0202. The number of nitrogens with one attached hydrogen (secondary N) is 1. The van der Waals surface area contributed by atoms with E-state index >= 15 is 0 Å². The molecule has 1 heterocycles. The van der Waals surface area contributed by atoms with E-state index in [1.807, 2.05) is 0 Å². The van der Waals surface area contributed by atoms with Gasteiger partial charge in [0.2, 0.25) is 0 Å². The number of carbonyl (C=O) groups excluding carboxylic acids is 1. The molecule has 1 N–H and O–H groups in total. The number of rotatable bonds is 0. The molecule has 2 aliphatic rings. The highest BCUT2D eigenvalue weighted by Crippen LogP contribution is 2.22. The molecule has 1 aliphatic carbocycles. The molecule has 3 nitrogen and oxygen atoms in total. The van der Waals surface area contributed by atoms with E-state index in [-0.39, 0.29) is 5.91 Å². The van der Waals surface area contributed by atoms with Crippen LogP contribution in [0.2, 0.25) is 0 Å². The lowest BCUT2D eigenvalue weighted by Crippen LogP contribution is -2.48. The van der Waals surface area contributed by atoms with Crippen LogP contribution >= 0.6 is 0 Å². The highest BCUT2D eigenvalue weighted by atomic mass is 16.1. The first-order valence-electron chi connectivity index (χ1n) is 4.20. The summed E-state index contributed by atoms with van der Waals surface area (Å²) in [6, 6.07) is 0.711. The Morgan fingerprint density at radius 2 is 2.27 bits per heavy atom. The summed E-state index contributed by atoms with van der Waals surface area (Å²) < 4.78 is 0. The molecule has 0 aromatic heterocycles. The van der Waals surface area contributed by atoms with Crippen molar-refractivity contribution in [2.24, 2.45) is 4.99 Å². The second-order valence-electron chi connectivity index (χ2n) is 3.25.